The maximum absolute atomic E-state index is 12.0. The molecule has 1 aromatic heterocycles. The summed E-state index contributed by atoms with van der Waals surface area (Å²) in [4.78, 5) is 14.4. The highest BCUT2D eigenvalue weighted by molar-refractivity contribution is 7.12. The minimum absolute atomic E-state index is 0.0594. The number of hydrogen-bond donors (Lipinski definition) is 0. The van der Waals surface area contributed by atoms with Gasteiger partial charge in [-0.3, -0.25) is 4.79 Å². The Bertz CT molecular complexity index is 605. The van der Waals surface area contributed by atoms with Crippen LogP contribution in [0.2, 0.25) is 0 Å². The van der Waals surface area contributed by atoms with Crippen molar-refractivity contribution in [3.8, 4) is 0 Å². The van der Waals surface area contributed by atoms with Gasteiger partial charge in [0.15, 0.2) is 5.78 Å². The first-order valence-corrected chi connectivity index (χ1v) is 6.74. The van der Waals surface area contributed by atoms with Gasteiger partial charge in [-0.2, -0.15) is 0 Å². The normalized spacial score (nSPS) is 11.1. The molecule has 1 heterocycles. The van der Waals surface area contributed by atoms with Gasteiger partial charge in [0, 0.05) is 15.3 Å². The Kier molecular flexibility index (Phi) is 3.78. The van der Waals surface area contributed by atoms with Crippen molar-refractivity contribution in [2.24, 2.45) is 0 Å². The summed E-state index contributed by atoms with van der Waals surface area (Å²) in [5.74, 6) is 0.0594. The third-order valence-corrected chi connectivity index (χ3v) is 3.92. The van der Waals surface area contributed by atoms with E-state index >= 15 is 0 Å². The molecule has 0 saturated heterocycles. The van der Waals surface area contributed by atoms with Crippen LogP contribution in [0.4, 0.5) is 0 Å². The molecule has 0 spiro atoms. The zero-order chi connectivity index (χ0) is 13.1. The van der Waals surface area contributed by atoms with E-state index in [0.717, 1.165) is 16.0 Å². The molecule has 0 aliphatic rings. The summed E-state index contributed by atoms with van der Waals surface area (Å²) in [6.07, 6.45) is 3.53. The average Bonchev–Trinajstić information content (AvgIpc) is 2.75. The van der Waals surface area contributed by atoms with Gasteiger partial charge in [0.25, 0.3) is 0 Å². The number of hydrogen-bond acceptors (Lipinski definition) is 2. The molecule has 2 rings (SSSR count). The summed E-state index contributed by atoms with van der Waals surface area (Å²) in [5, 5.41) is 0. The Morgan fingerprint density at radius 1 is 1.06 bits per heavy atom. The first-order chi connectivity index (χ1) is 8.56. The molecular formula is C16H16OS. The van der Waals surface area contributed by atoms with Crippen LogP contribution in [-0.2, 0) is 0 Å². The molecule has 2 heteroatoms. The van der Waals surface area contributed by atoms with Crippen LogP contribution in [0, 0.1) is 20.8 Å². The van der Waals surface area contributed by atoms with Gasteiger partial charge in [-0.25, -0.2) is 0 Å². The lowest BCUT2D eigenvalue weighted by atomic mass is 10.0. The molecule has 0 saturated carbocycles. The highest BCUT2D eigenvalue weighted by Crippen LogP contribution is 2.17. The third kappa shape index (κ3) is 2.96. The summed E-state index contributed by atoms with van der Waals surface area (Å²) in [5.41, 5.74) is 3.12. The number of benzene rings is 1. The second-order valence-corrected chi connectivity index (χ2v) is 5.76. The van der Waals surface area contributed by atoms with Crippen LogP contribution >= 0.6 is 11.3 Å². The van der Waals surface area contributed by atoms with E-state index in [0.29, 0.717) is 0 Å². The molecule has 0 aliphatic carbocycles. The van der Waals surface area contributed by atoms with Crippen molar-refractivity contribution < 1.29 is 4.79 Å². The number of carbonyl (C=O) groups is 1. The number of ketones is 1. The lowest BCUT2D eigenvalue weighted by molar-refractivity contribution is 0.104. The van der Waals surface area contributed by atoms with Crippen molar-refractivity contribution >= 4 is 23.2 Å². The molecule has 0 fully saturated rings. The van der Waals surface area contributed by atoms with Crippen LogP contribution in [0.25, 0.3) is 6.08 Å². The summed E-state index contributed by atoms with van der Waals surface area (Å²) >= 11 is 1.69. The second kappa shape index (κ2) is 5.32. The summed E-state index contributed by atoms with van der Waals surface area (Å²) in [6, 6.07) is 9.91. The number of thiophene rings is 1. The highest BCUT2D eigenvalue weighted by atomic mass is 32.1. The van der Waals surface area contributed by atoms with Crippen LogP contribution in [0.5, 0.6) is 0 Å². The minimum atomic E-state index is 0.0594. The van der Waals surface area contributed by atoms with Crippen LogP contribution in [-0.4, -0.2) is 5.78 Å². The van der Waals surface area contributed by atoms with Gasteiger partial charge in [0.2, 0.25) is 0 Å². The van der Waals surface area contributed by atoms with E-state index < -0.39 is 0 Å². The Morgan fingerprint density at radius 3 is 2.44 bits per heavy atom. The summed E-state index contributed by atoms with van der Waals surface area (Å²) in [7, 11) is 0. The molecule has 92 valence electrons. The van der Waals surface area contributed by atoms with Crippen LogP contribution in [0.3, 0.4) is 0 Å². The predicted molar refractivity (Wildman–Crippen MR) is 78.3 cm³/mol. The number of aryl methyl sites for hydroxylation is 3. The number of allylic oxidation sites excluding steroid dienone is 1. The van der Waals surface area contributed by atoms with Crippen molar-refractivity contribution in [2.75, 3.05) is 0 Å². The topological polar surface area (TPSA) is 17.1 Å². The lowest BCUT2D eigenvalue weighted by Gasteiger charge is -2.01. The number of carbonyl (C=O) groups excluding carboxylic acids is 1. The fourth-order valence-corrected chi connectivity index (χ4v) is 2.47. The first kappa shape index (κ1) is 12.8. The van der Waals surface area contributed by atoms with E-state index in [-0.39, 0.29) is 5.78 Å². The Morgan fingerprint density at radius 2 is 1.83 bits per heavy atom. The molecule has 0 atom stereocenters. The molecule has 18 heavy (non-hydrogen) atoms. The molecular weight excluding hydrogens is 240 g/mol. The van der Waals surface area contributed by atoms with E-state index in [9.17, 15) is 4.79 Å². The maximum atomic E-state index is 12.0. The molecule has 0 N–H and O–H groups in total. The van der Waals surface area contributed by atoms with E-state index in [2.05, 4.69) is 13.0 Å². The van der Waals surface area contributed by atoms with E-state index in [1.54, 1.807) is 17.4 Å². The molecule has 0 unspecified atom stereocenters. The summed E-state index contributed by atoms with van der Waals surface area (Å²) < 4.78 is 0. The first-order valence-electron chi connectivity index (χ1n) is 5.92. The van der Waals surface area contributed by atoms with Gasteiger partial charge >= 0.3 is 0 Å². The van der Waals surface area contributed by atoms with Gasteiger partial charge in [0.05, 0.1) is 0 Å². The van der Waals surface area contributed by atoms with E-state index in [4.69, 9.17) is 0 Å². The zero-order valence-corrected chi connectivity index (χ0v) is 11.7. The van der Waals surface area contributed by atoms with Crippen LogP contribution in [0.15, 0.2) is 36.4 Å². The standard InChI is InChI=1S/C16H16OS/c1-11-4-6-14(10-12(11)2)16(17)9-8-15-7-5-13(3)18-15/h4-10H,1-3H3. The highest BCUT2D eigenvalue weighted by Gasteiger charge is 2.03. The lowest BCUT2D eigenvalue weighted by Crippen LogP contribution is -1.95. The molecule has 1 nitrogen and oxygen atoms in total. The van der Waals surface area contributed by atoms with Gasteiger partial charge < -0.3 is 0 Å². The quantitative estimate of drug-likeness (QED) is 0.580. The maximum Gasteiger partial charge on any atom is 0.185 e. The predicted octanol–water partition coefficient (Wildman–Crippen LogP) is 4.57. The van der Waals surface area contributed by atoms with Crippen molar-refractivity contribution in [1.29, 1.82) is 0 Å². The van der Waals surface area contributed by atoms with Crippen molar-refractivity contribution in [3.05, 3.63) is 62.9 Å². The van der Waals surface area contributed by atoms with E-state index in [1.807, 2.05) is 44.2 Å². The SMILES string of the molecule is Cc1ccc(C=CC(=O)c2ccc(C)c(C)c2)s1. The van der Waals surface area contributed by atoms with Gasteiger partial charge in [-0.15, -0.1) is 11.3 Å². The fourth-order valence-electron chi connectivity index (χ4n) is 1.69. The molecule has 0 amide bonds. The molecule has 2 aromatic rings. The zero-order valence-electron chi connectivity index (χ0n) is 10.9. The van der Waals surface area contributed by atoms with Crippen LogP contribution < -0.4 is 0 Å². The average molecular weight is 256 g/mol. The van der Waals surface area contributed by atoms with Gasteiger partial charge in [-0.05, 0) is 62.2 Å². The Labute approximate surface area is 112 Å². The third-order valence-electron chi connectivity index (χ3n) is 2.95. The van der Waals surface area contributed by atoms with E-state index in [1.165, 1.54) is 10.4 Å². The second-order valence-electron chi connectivity index (χ2n) is 4.45. The van der Waals surface area contributed by atoms with Crippen LogP contribution in [0.1, 0.15) is 31.2 Å². The smallest absolute Gasteiger partial charge is 0.185 e. The Balaban J connectivity index is 2.16. The van der Waals surface area contributed by atoms with Crippen molar-refractivity contribution in [2.45, 2.75) is 20.8 Å². The van der Waals surface area contributed by atoms with Gasteiger partial charge in [0.1, 0.15) is 0 Å². The van der Waals surface area contributed by atoms with Crippen molar-refractivity contribution in [3.63, 3.8) is 0 Å². The Hall–Kier alpha value is -1.67. The molecule has 0 bridgehead atoms. The minimum Gasteiger partial charge on any atom is -0.289 e. The number of rotatable bonds is 3. The van der Waals surface area contributed by atoms with Gasteiger partial charge in [-0.1, -0.05) is 12.1 Å². The molecule has 1 aromatic carbocycles. The molecule has 0 radical (unpaired) electrons. The monoisotopic (exact) mass is 256 g/mol. The molecule has 0 aliphatic heterocycles. The van der Waals surface area contributed by atoms with Crippen molar-refractivity contribution in [1.82, 2.24) is 0 Å². The fraction of sp³-hybridized carbons (Fsp3) is 0.188. The summed E-state index contributed by atoms with van der Waals surface area (Å²) in [6.45, 7) is 6.14. The largest absolute Gasteiger partial charge is 0.289 e.